The van der Waals surface area contributed by atoms with Gasteiger partial charge in [0.05, 0.1) is 0 Å². The monoisotopic (exact) mass is 188 g/mol. The summed E-state index contributed by atoms with van der Waals surface area (Å²) in [5.74, 6) is -0.586. The topological polar surface area (TPSA) is 87.7 Å². The molecule has 0 saturated carbocycles. The first-order valence-electron chi connectivity index (χ1n) is 4.06. The zero-order valence-electron chi connectivity index (χ0n) is 7.08. The Morgan fingerprint density at radius 2 is 2.54 bits per heavy atom. The first kappa shape index (κ1) is 9.94. The van der Waals surface area contributed by atoms with Crippen LogP contribution in [-0.2, 0) is 14.4 Å². The summed E-state index contributed by atoms with van der Waals surface area (Å²) in [4.78, 5) is 26.5. The van der Waals surface area contributed by atoms with Gasteiger partial charge in [-0.2, -0.15) is 0 Å². The van der Waals surface area contributed by atoms with Crippen LogP contribution in [0.3, 0.4) is 0 Å². The number of hydrogen-bond acceptors (Lipinski definition) is 4. The van der Waals surface area contributed by atoms with Crippen LogP contribution in [0.1, 0.15) is 12.8 Å². The van der Waals surface area contributed by atoms with Crippen molar-refractivity contribution in [2.45, 2.75) is 18.9 Å². The van der Waals surface area contributed by atoms with Crippen LogP contribution in [0.4, 0.5) is 0 Å². The van der Waals surface area contributed by atoms with E-state index < -0.39 is 6.04 Å². The van der Waals surface area contributed by atoms with E-state index in [1.165, 1.54) is 0 Å². The lowest BCUT2D eigenvalue weighted by atomic mass is 10.2. The minimum atomic E-state index is -0.591. The predicted molar refractivity (Wildman–Crippen MR) is 42.3 cm³/mol. The number of aliphatic hydroxyl groups excluding tert-OH is 1. The zero-order chi connectivity index (χ0) is 9.68. The molecule has 1 heterocycles. The number of carbonyl (C=O) groups is 2. The fourth-order valence-electron chi connectivity index (χ4n) is 0.956. The van der Waals surface area contributed by atoms with Crippen LogP contribution in [0.5, 0.6) is 0 Å². The average Bonchev–Trinajstić information content (AvgIpc) is 2.48. The summed E-state index contributed by atoms with van der Waals surface area (Å²) < 4.78 is 0. The molecule has 0 aromatic rings. The van der Waals surface area contributed by atoms with E-state index in [0.717, 1.165) is 0 Å². The molecule has 1 atom stereocenters. The van der Waals surface area contributed by atoms with Crippen molar-refractivity contribution in [1.82, 2.24) is 10.8 Å². The van der Waals surface area contributed by atoms with E-state index in [2.05, 4.69) is 15.6 Å². The average molecular weight is 188 g/mol. The summed E-state index contributed by atoms with van der Waals surface area (Å²) in [6, 6.07) is -0.591. The van der Waals surface area contributed by atoms with Crippen molar-refractivity contribution in [2.75, 3.05) is 13.2 Å². The lowest BCUT2D eigenvalue weighted by molar-refractivity contribution is -0.128. The summed E-state index contributed by atoms with van der Waals surface area (Å²) in [7, 11) is 0. The van der Waals surface area contributed by atoms with Crippen molar-refractivity contribution in [1.29, 1.82) is 0 Å². The first-order chi connectivity index (χ1) is 6.24. The summed E-state index contributed by atoms with van der Waals surface area (Å²) >= 11 is 0. The largest absolute Gasteiger partial charge is 0.396 e. The molecule has 6 heteroatoms. The van der Waals surface area contributed by atoms with E-state index in [1.807, 2.05) is 0 Å². The molecule has 2 amide bonds. The molecule has 0 aromatic carbocycles. The van der Waals surface area contributed by atoms with Crippen LogP contribution in [0.2, 0.25) is 0 Å². The van der Waals surface area contributed by atoms with E-state index in [9.17, 15) is 9.59 Å². The molecule has 1 aliphatic rings. The highest BCUT2D eigenvalue weighted by molar-refractivity contribution is 5.88. The van der Waals surface area contributed by atoms with Crippen molar-refractivity contribution < 1.29 is 19.5 Å². The molecule has 0 unspecified atom stereocenters. The molecule has 1 aliphatic heterocycles. The summed E-state index contributed by atoms with van der Waals surface area (Å²) in [5.41, 5.74) is 2.13. The van der Waals surface area contributed by atoms with E-state index in [-0.39, 0.29) is 31.4 Å². The van der Waals surface area contributed by atoms with Crippen molar-refractivity contribution >= 4 is 11.8 Å². The zero-order valence-corrected chi connectivity index (χ0v) is 7.08. The Morgan fingerprint density at radius 1 is 1.77 bits per heavy atom. The van der Waals surface area contributed by atoms with Crippen LogP contribution in [-0.4, -0.2) is 36.2 Å². The smallest absolute Gasteiger partial charge is 0.268 e. The standard InChI is InChI=1S/C7H12N2O4/c10-3-1-2-6(11)8-5-4-13-9-7(5)12/h5,10H,1-4H2,(H,8,11)(H,9,12)/t5-/m1/s1. The molecular weight excluding hydrogens is 176 g/mol. The highest BCUT2D eigenvalue weighted by Crippen LogP contribution is 1.95. The highest BCUT2D eigenvalue weighted by Gasteiger charge is 2.26. The Bertz CT molecular complexity index is 207. The molecule has 0 radical (unpaired) electrons. The summed E-state index contributed by atoms with van der Waals surface area (Å²) in [6.07, 6.45) is 0.626. The Kier molecular flexibility index (Phi) is 3.66. The molecule has 6 nitrogen and oxygen atoms in total. The molecule has 74 valence electrons. The predicted octanol–water partition coefficient (Wildman–Crippen LogP) is -1.69. The fourth-order valence-corrected chi connectivity index (χ4v) is 0.956. The molecule has 1 fully saturated rings. The molecular formula is C7H12N2O4. The SMILES string of the molecule is O=C(CCCO)N[C@@H]1CONC1=O. The third-order valence-electron chi connectivity index (χ3n) is 1.64. The van der Waals surface area contributed by atoms with Crippen molar-refractivity contribution in [3.05, 3.63) is 0 Å². The van der Waals surface area contributed by atoms with Gasteiger partial charge in [0.25, 0.3) is 5.91 Å². The molecule has 0 aromatic heterocycles. The number of carbonyl (C=O) groups excluding carboxylic acids is 2. The van der Waals surface area contributed by atoms with Gasteiger partial charge in [0.15, 0.2) is 0 Å². The number of nitrogens with one attached hydrogen (secondary N) is 2. The molecule has 0 bridgehead atoms. The number of hydroxylamine groups is 1. The van der Waals surface area contributed by atoms with E-state index in [0.29, 0.717) is 6.42 Å². The second-order valence-electron chi connectivity index (χ2n) is 2.72. The van der Waals surface area contributed by atoms with E-state index in [4.69, 9.17) is 5.11 Å². The molecule has 1 saturated heterocycles. The van der Waals surface area contributed by atoms with Crippen molar-refractivity contribution in [2.24, 2.45) is 0 Å². The van der Waals surface area contributed by atoms with Gasteiger partial charge in [-0.3, -0.25) is 14.4 Å². The first-order valence-corrected chi connectivity index (χ1v) is 4.06. The Labute approximate surface area is 75.2 Å². The second kappa shape index (κ2) is 4.78. The Hall–Kier alpha value is -1.14. The van der Waals surface area contributed by atoms with Crippen LogP contribution in [0, 0.1) is 0 Å². The van der Waals surface area contributed by atoms with Gasteiger partial charge in [-0.05, 0) is 6.42 Å². The van der Waals surface area contributed by atoms with E-state index in [1.54, 1.807) is 0 Å². The number of amides is 2. The van der Waals surface area contributed by atoms with Gasteiger partial charge >= 0.3 is 0 Å². The molecule has 3 N–H and O–H groups in total. The minimum absolute atomic E-state index is 0.0270. The van der Waals surface area contributed by atoms with Gasteiger partial charge in [0.2, 0.25) is 5.91 Å². The van der Waals surface area contributed by atoms with Crippen LogP contribution >= 0.6 is 0 Å². The molecule has 0 aliphatic carbocycles. The molecule has 0 spiro atoms. The lowest BCUT2D eigenvalue weighted by Gasteiger charge is -2.06. The summed E-state index contributed by atoms with van der Waals surface area (Å²) in [5, 5.41) is 10.9. The highest BCUT2D eigenvalue weighted by atomic mass is 16.7. The van der Waals surface area contributed by atoms with Crippen molar-refractivity contribution in [3.63, 3.8) is 0 Å². The third-order valence-corrected chi connectivity index (χ3v) is 1.64. The minimum Gasteiger partial charge on any atom is -0.396 e. The van der Waals surface area contributed by atoms with Gasteiger partial charge in [0, 0.05) is 13.0 Å². The van der Waals surface area contributed by atoms with Crippen LogP contribution < -0.4 is 10.8 Å². The summed E-state index contributed by atoms with van der Waals surface area (Å²) in [6.45, 7) is 0.129. The normalized spacial score (nSPS) is 21.3. The number of rotatable bonds is 4. The van der Waals surface area contributed by atoms with Crippen LogP contribution in [0.15, 0.2) is 0 Å². The lowest BCUT2D eigenvalue weighted by Crippen LogP contribution is -2.41. The maximum absolute atomic E-state index is 11.0. The maximum Gasteiger partial charge on any atom is 0.268 e. The second-order valence-corrected chi connectivity index (χ2v) is 2.72. The molecule has 13 heavy (non-hydrogen) atoms. The Balaban J connectivity index is 2.23. The van der Waals surface area contributed by atoms with Crippen molar-refractivity contribution in [3.8, 4) is 0 Å². The third kappa shape index (κ3) is 3.00. The van der Waals surface area contributed by atoms with E-state index >= 15 is 0 Å². The van der Waals surface area contributed by atoms with Gasteiger partial charge in [-0.25, -0.2) is 5.48 Å². The maximum atomic E-state index is 11.0. The van der Waals surface area contributed by atoms with Gasteiger partial charge in [0.1, 0.15) is 12.6 Å². The number of hydrogen-bond donors (Lipinski definition) is 3. The quantitative estimate of drug-likeness (QED) is 0.491. The van der Waals surface area contributed by atoms with Gasteiger partial charge < -0.3 is 10.4 Å². The Morgan fingerprint density at radius 3 is 3.08 bits per heavy atom. The van der Waals surface area contributed by atoms with Gasteiger partial charge in [-0.15, -0.1) is 0 Å². The molecule has 1 rings (SSSR count). The van der Waals surface area contributed by atoms with Crippen LogP contribution in [0.25, 0.3) is 0 Å². The fraction of sp³-hybridized carbons (Fsp3) is 0.714. The van der Waals surface area contributed by atoms with Gasteiger partial charge in [-0.1, -0.05) is 0 Å². The number of aliphatic hydroxyl groups is 1.